The molecule has 0 saturated heterocycles. The molecule has 23 heavy (non-hydrogen) atoms. The van der Waals surface area contributed by atoms with E-state index in [2.05, 4.69) is 4.98 Å². The average Bonchev–Trinajstić information content (AvgIpc) is 2.77. The third-order valence-electron chi connectivity index (χ3n) is 3.57. The quantitative estimate of drug-likeness (QED) is 0.861. The molecule has 0 aromatic carbocycles. The average molecular weight is 318 g/mol. The molecule has 0 spiro atoms. The van der Waals surface area contributed by atoms with E-state index in [1.54, 1.807) is 11.3 Å². The standard InChI is InChI=1S/C16H22N4O3/c1-11-5-6-13-17-12(2)15(20(13)9-11)16(23)19(10-14(21)22)8-7-18(3)4/h5-6,9H,7-8,10H2,1-4H3,(H,21,22). The number of carboxylic acid groups (broad SMARTS) is 1. The number of hydrogen-bond donors (Lipinski definition) is 1. The third-order valence-corrected chi connectivity index (χ3v) is 3.57. The highest BCUT2D eigenvalue weighted by molar-refractivity contribution is 5.96. The number of likely N-dealkylation sites (N-methyl/N-ethyl adjacent to an activating group) is 1. The molecular formula is C16H22N4O3. The number of imidazole rings is 1. The van der Waals surface area contributed by atoms with Crippen LogP contribution in [0.3, 0.4) is 0 Å². The lowest BCUT2D eigenvalue weighted by Crippen LogP contribution is -2.40. The number of nitrogens with zero attached hydrogens (tertiary/aromatic N) is 4. The van der Waals surface area contributed by atoms with Crippen LogP contribution in [0.5, 0.6) is 0 Å². The lowest BCUT2D eigenvalue weighted by atomic mass is 10.2. The maximum Gasteiger partial charge on any atom is 0.323 e. The molecule has 2 aromatic heterocycles. The highest BCUT2D eigenvalue weighted by atomic mass is 16.4. The summed E-state index contributed by atoms with van der Waals surface area (Å²) < 4.78 is 1.73. The van der Waals surface area contributed by atoms with Gasteiger partial charge in [0.15, 0.2) is 0 Å². The molecule has 0 aliphatic rings. The molecule has 0 fully saturated rings. The number of aromatic nitrogens is 2. The number of aliphatic carboxylic acids is 1. The van der Waals surface area contributed by atoms with Gasteiger partial charge in [-0.2, -0.15) is 0 Å². The van der Waals surface area contributed by atoms with Crippen LogP contribution in [-0.4, -0.2) is 69.9 Å². The van der Waals surface area contributed by atoms with E-state index in [-0.39, 0.29) is 12.5 Å². The minimum absolute atomic E-state index is 0.315. The number of carbonyl (C=O) groups is 2. The van der Waals surface area contributed by atoms with Gasteiger partial charge in [0.2, 0.25) is 0 Å². The fourth-order valence-corrected chi connectivity index (χ4v) is 2.41. The number of amides is 1. The van der Waals surface area contributed by atoms with Crippen molar-refractivity contribution in [2.45, 2.75) is 13.8 Å². The van der Waals surface area contributed by atoms with Gasteiger partial charge in [0.25, 0.3) is 5.91 Å². The molecule has 2 aromatic rings. The zero-order valence-electron chi connectivity index (χ0n) is 13.9. The molecule has 1 amide bonds. The van der Waals surface area contributed by atoms with Crippen LogP contribution < -0.4 is 0 Å². The van der Waals surface area contributed by atoms with Gasteiger partial charge in [0.05, 0.1) is 5.69 Å². The van der Waals surface area contributed by atoms with E-state index >= 15 is 0 Å². The summed E-state index contributed by atoms with van der Waals surface area (Å²) in [7, 11) is 3.76. The molecule has 0 saturated carbocycles. The van der Waals surface area contributed by atoms with Gasteiger partial charge >= 0.3 is 5.97 Å². The Labute approximate surface area is 135 Å². The monoisotopic (exact) mass is 318 g/mol. The van der Waals surface area contributed by atoms with Gasteiger partial charge in [0, 0.05) is 19.3 Å². The molecule has 0 aliphatic heterocycles. The number of pyridine rings is 1. The van der Waals surface area contributed by atoms with Crippen molar-refractivity contribution in [3.8, 4) is 0 Å². The van der Waals surface area contributed by atoms with Gasteiger partial charge in [-0.05, 0) is 39.6 Å². The summed E-state index contributed by atoms with van der Waals surface area (Å²) in [6, 6.07) is 3.78. The van der Waals surface area contributed by atoms with Crippen molar-refractivity contribution < 1.29 is 14.7 Å². The molecule has 0 aliphatic carbocycles. The van der Waals surface area contributed by atoms with Gasteiger partial charge in [-0.1, -0.05) is 6.07 Å². The first-order valence-corrected chi connectivity index (χ1v) is 7.40. The second-order valence-electron chi connectivity index (χ2n) is 5.90. The largest absolute Gasteiger partial charge is 0.480 e. The van der Waals surface area contributed by atoms with Crippen LogP contribution in [0.15, 0.2) is 18.3 Å². The maximum atomic E-state index is 12.9. The number of fused-ring (bicyclic) bond motifs is 1. The first kappa shape index (κ1) is 17.0. The molecule has 124 valence electrons. The molecule has 2 rings (SSSR count). The summed E-state index contributed by atoms with van der Waals surface area (Å²) in [4.78, 5) is 31.6. The van der Waals surface area contributed by atoms with Crippen molar-refractivity contribution in [3.05, 3.63) is 35.3 Å². The Bertz CT molecular complexity index is 736. The number of carboxylic acids is 1. The molecular weight excluding hydrogens is 296 g/mol. The highest BCUT2D eigenvalue weighted by Gasteiger charge is 2.24. The van der Waals surface area contributed by atoms with E-state index in [0.717, 1.165) is 5.56 Å². The Morgan fingerprint density at radius 1 is 1.22 bits per heavy atom. The number of carbonyl (C=O) groups excluding carboxylic acids is 1. The molecule has 0 unspecified atom stereocenters. The van der Waals surface area contributed by atoms with Crippen molar-refractivity contribution in [2.75, 3.05) is 33.7 Å². The molecule has 0 radical (unpaired) electrons. The van der Waals surface area contributed by atoms with E-state index in [0.29, 0.717) is 30.1 Å². The predicted octanol–water partition coefficient (Wildman–Crippen LogP) is 1.04. The summed E-state index contributed by atoms with van der Waals surface area (Å²) in [6.07, 6.45) is 1.84. The second-order valence-corrected chi connectivity index (χ2v) is 5.90. The van der Waals surface area contributed by atoms with Crippen LogP contribution in [0.25, 0.3) is 5.65 Å². The van der Waals surface area contributed by atoms with E-state index in [9.17, 15) is 9.59 Å². The maximum absolute atomic E-state index is 12.9. The van der Waals surface area contributed by atoms with Crippen molar-refractivity contribution >= 4 is 17.5 Å². The SMILES string of the molecule is Cc1ccc2nc(C)c(C(=O)N(CCN(C)C)CC(=O)O)n2c1. The van der Waals surface area contributed by atoms with Crippen molar-refractivity contribution in [2.24, 2.45) is 0 Å². The zero-order chi connectivity index (χ0) is 17.1. The van der Waals surface area contributed by atoms with Crippen molar-refractivity contribution in [1.82, 2.24) is 19.2 Å². The smallest absolute Gasteiger partial charge is 0.323 e. The fraction of sp³-hybridized carbons (Fsp3) is 0.438. The highest BCUT2D eigenvalue weighted by Crippen LogP contribution is 2.15. The molecule has 7 nitrogen and oxygen atoms in total. The van der Waals surface area contributed by atoms with Crippen LogP contribution >= 0.6 is 0 Å². The summed E-state index contributed by atoms with van der Waals surface area (Å²) in [6.45, 7) is 4.31. The Morgan fingerprint density at radius 2 is 1.91 bits per heavy atom. The molecule has 2 heterocycles. The first-order chi connectivity index (χ1) is 10.8. The first-order valence-electron chi connectivity index (χ1n) is 7.40. The van der Waals surface area contributed by atoms with E-state index < -0.39 is 5.97 Å². The van der Waals surface area contributed by atoms with Crippen LogP contribution in [0.2, 0.25) is 0 Å². The van der Waals surface area contributed by atoms with Crippen LogP contribution in [-0.2, 0) is 4.79 Å². The van der Waals surface area contributed by atoms with E-state index in [1.165, 1.54) is 4.90 Å². The van der Waals surface area contributed by atoms with Gasteiger partial charge in [-0.15, -0.1) is 0 Å². The summed E-state index contributed by atoms with van der Waals surface area (Å²) in [5.41, 5.74) is 2.70. The Kier molecular flexibility index (Phi) is 5.00. The zero-order valence-corrected chi connectivity index (χ0v) is 13.9. The number of rotatable bonds is 6. The third kappa shape index (κ3) is 3.87. The van der Waals surface area contributed by atoms with Gasteiger partial charge in [-0.25, -0.2) is 4.98 Å². The summed E-state index contributed by atoms with van der Waals surface area (Å²) >= 11 is 0. The molecule has 1 N–H and O–H groups in total. The minimum Gasteiger partial charge on any atom is -0.480 e. The Hall–Kier alpha value is -2.41. The Morgan fingerprint density at radius 3 is 2.52 bits per heavy atom. The number of hydrogen-bond acceptors (Lipinski definition) is 4. The van der Waals surface area contributed by atoms with E-state index in [1.807, 2.05) is 44.2 Å². The predicted molar refractivity (Wildman–Crippen MR) is 86.8 cm³/mol. The van der Waals surface area contributed by atoms with Crippen LogP contribution in [0.1, 0.15) is 21.7 Å². The topological polar surface area (TPSA) is 78.2 Å². The Balaban J connectivity index is 2.40. The number of aryl methyl sites for hydroxylation is 2. The normalized spacial score (nSPS) is 11.2. The second kappa shape index (κ2) is 6.78. The van der Waals surface area contributed by atoms with Gasteiger partial charge < -0.3 is 14.9 Å². The lowest BCUT2D eigenvalue weighted by molar-refractivity contribution is -0.137. The molecule has 7 heteroatoms. The molecule has 0 bridgehead atoms. The molecule has 0 atom stereocenters. The summed E-state index contributed by atoms with van der Waals surface area (Å²) in [5.74, 6) is -1.34. The fourth-order valence-electron chi connectivity index (χ4n) is 2.41. The van der Waals surface area contributed by atoms with Gasteiger partial charge in [-0.3, -0.25) is 14.0 Å². The van der Waals surface area contributed by atoms with Crippen molar-refractivity contribution in [1.29, 1.82) is 0 Å². The van der Waals surface area contributed by atoms with Crippen LogP contribution in [0.4, 0.5) is 0 Å². The van der Waals surface area contributed by atoms with Crippen molar-refractivity contribution in [3.63, 3.8) is 0 Å². The van der Waals surface area contributed by atoms with E-state index in [4.69, 9.17) is 5.11 Å². The summed E-state index contributed by atoms with van der Waals surface area (Å²) in [5, 5.41) is 9.09. The van der Waals surface area contributed by atoms with Gasteiger partial charge in [0.1, 0.15) is 17.9 Å². The van der Waals surface area contributed by atoms with Crippen LogP contribution in [0, 0.1) is 13.8 Å². The lowest BCUT2D eigenvalue weighted by Gasteiger charge is -2.22. The minimum atomic E-state index is -1.03.